The van der Waals surface area contributed by atoms with Crippen LogP contribution in [0.2, 0.25) is 0 Å². The molecule has 0 N–H and O–H groups in total. The molecule has 3 aromatic rings. The minimum atomic E-state index is -0.183. The molecular formula is C21H23N5O3S. The van der Waals surface area contributed by atoms with Crippen LogP contribution < -0.4 is 0 Å². The first-order valence-electron chi connectivity index (χ1n) is 9.75. The van der Waals surface area contributed by atoms with Crippen molar-refractivity contribution in [3.8, 4) is 5.69 Å². The number of nitrogens with zero attached hydrogens (tertiary/aromatic N) is 5. The summed E-state index contributed by atoms with van der Waals surface area (Å²) in [5.41, 5.74) is 2.87. The second kappa shape index (κ2) is 8.74. The highest BCUT2D eigenvalue weighted by atomic mass is 32.2. The number of rotatable bonds is 5. The van der Waals surface area contributed by atoms with E-state index in [2.05, 4.69) is 23.1 Å². The molecule has 2 aromatic heterocycles. The number of benzene rings is 1. The van der Waals surface area contributed by atoms with E-state index in [1.165, 1.54) is 11.8 Å². The van der Waals surface area contributed by atoms with Gasteiger partial charge >= 0.3 is 0 Å². The van der Waals surface area contributed by atoms with Crippen molar-refractivity contribution in [2.45, 2.75) is 19.0 Å². The largest absolute Gasteiger partial charge is 0.351 e. The molecule has 0 saturated carbocycles. The van der Waals surface area contributed by atoms with E-state index in [-0.39, 0.29) is 17.6 Å². The summed E-state index contributed by atoms with van der Waals surface area (Å²) >= 11 is 1.42. The third-order valence-electron chi connectivity index (χ3n) is 5.06. The number of aromatic nitrogens is 3. The quantitative estimate of drug-likeness (QED) is 0.584. The van der Waals surface area contributed by atoms with Gasteiger partial charge in [0.25, 0.3) is 5.91 Å². The molecule has 156 valence electrons. The number of carbonyl (C=O) groups excluding carboxylic acids is 2. The van der Waals surface area contributed by atoms with Crippen molar-refractivity contribution in [1.29, 1.82) is 0 Å². The monoisotopic (exact) mass is 425 g/mol. The fourth-order valence-corrected chi connectivity index (χ4v) is 4.28. The lowest BCUT2D eigenvalue weighted by atomic mass is 10.2. The summed E-state index contributed by atoms with van der Waals surface area (Å²) in [6.07, 6.45) is 3.65. The molecule has 0 atom stereocenters. The van der Waals surface area contributed by atoms with E-state index in [1.807, 2.05) is 29.0 Å². The first-order valence-corrected chi connectivity index (χ1v) is 10.7. The Morgan fingerprint density at radius 3 is 2.53 bits per heavy atom. The molecular weight excluding hydrogens is 402 g/mol. The van der Waals surface area contributed by atoms with E-state index in [9.17, 15) is 9.59 Å². The summed E-state index contributed by atoms with van der Waals surface area (Å²) in [6.45, 7) is 5.80. The molecule has 1 fully saturated rings. The Hall–Kier alpha value is -3.07. The maximum atomic E-state index is 12.7. The molecule has 4 rings (SSSR count). The second-order valence-electron chi connectivity index (χ2n) is 7.16. The number of para-hydroxylation sites is 1. The molecule has 0 unspecified atom stereocenters. The van der Waals surface area contributed by atoms with Crippen LogP contribution in [0.3, 0.4) is 0 Å². The zero-order valence-electron chi connectivity index (χ0n) is 16.9. The molecule has 0 aliphatic carbocycles. The predicted molar refractivity (Wildman–Crippen MR) is 113 cm³/mol. The third kappa shape index (κ3) is 4.25. The van der Waals surface area contributed by atoms with Gasteiger partial charge in [0.2, 0.25) is 11.7 Å². The van der Waals surface area contributed by atoms with Crippen LogP contribution in [0.4, 0.5) is 0 Å². The molecule has 1 aromatic carbocycles. The lowest BCUT2D eigenvalue weighted by Gasteiger charge is -2.34. The summed E-state index contributed by atoms with van der Waals surface area (Å²) in [6, 6.07) is 9.71. The van der Waals surface area contributed by atoms with E-state index in [4.69, 9.17) is 4.52 Å². The molecule has 8 nitrogen and oxygen atoms in total. The average Bonchev–Trinajstić information content (AvgIpc) is 3.41. The van der Waals surface area contributed by atoms with Crippen molar-refractivity contribution in [3.63, 3.8) is 0 Å². The summed E-state index contributed by atoms with van der Waals surface area (Å²) in [5.74, 6) is 0.406. The minimum Gasteiger partial charge on any atom is -0.351 e. The molecule has 1 saturated heterocycles. The number of aryl methyl sites for hydroxylation is 2. The van der Waals surface area contributed by atoms with Gasteiger partial charge in [-0.2, -0.15) is 0 Å². The number of hydrogen-bond acceptors (Lipinski definition) is 6. The van der Waals surface area contributed by atoms with Gasteiger partial charge in [0.05, 0.1) is 17.1 Å². The van der Waals surface area contributed by atoms with Crippen molar-refractivity contribution in [3.05, 3.63) is 59.7 Å². The number of piperazine rings is 1. The fraction of sp³-hybridized carbons (Fsp3) is 0.333. The van der Waals surface area contributed by atoms with Crippen molar-refractivity contribution in [1.82, 2.24) is 24.5 Å². The van der Waals surface area contributed by atoms with Gasteiger partial charge in [0.15, 0.2) is 5.16 Å². The number of thioether (sulfide) groups is 1. The van der Waals surface area contributed by atoms with Crippen molar-refractivity contribution in [2.75, 3.05) is 31.9 Å². The highest BCUT2D eigenvalue weighted by Crippen LogP contribution is 2.23. The van der Waals surface area contributed by atoms with E-state index in [0.29, 0.717) is 37.6 Å². The van der Waals surface area contributed by atoms with Crippen molar-refractivity contribution in [2.24, 2.45) is 0 Å². The fourth-order valence-electron chi connectivity index (χ4n) is 3.41. The van der Waals surface area contributed by atoms with E-state index in [0.717, 1.165) is 16.4 Å². The van der Waals surface area contributed by atoms with E-state index < -0.39 is 0 Å². The van der Waals surface area contributed by atoms with Crippen molar-refractivity contribution >= 4 is 23.6 Å². The number of carbonyl (C=O) groups is 2. The van der Waals surface area contributed by atoms with Crippen LogP contribution in [0.5, 0.6) is 0 Å². The second-order valence-corrected chi connectivity index (χ2v) is 8.10. The molecule has 1 aliphatic rings. The molecule has 0 radical (unpaired) electrons. The summed E-state index contributed by atoms with van der Waals surface area (Å²) in [4.78, 5) is 33.0. The first-order chi connectivity index (χ1) is 14.5. The minimum absolute atomic E-state index is 0.0435. The van der Waals surface area contributed by atoms with Crippen LogP contribution in [0, 0.1) is 13.8 Å². The zero-order valence-corrected chi connectivity index (χ0v) is 17.8. The lowest BCUT2D eigenvalue weighted by Crippen LogP contribution is -2.51. The molecule has 0 spiro atoms. The Morgan fingerprint density at radius 2 is 1.83 bits per heavy atom. The van der Waals surface area contributed by atoms with Crippen LogP contribution in [0.1, 0.15) is 21.8 Å². The maximum Gasteiger partial charge on any atom is 0.292 e. The Bertz CT molecular complexity index is 1050. The third-order valence-corrected chi connectivity index (χ3v) is 6.02. The van der Waals surface area contributed by atoms with Gasteiger partial charge in [-0.05, 0) is 25.5 Å². The maximum absolute atomic E-state index is 12.7. The number of imidazole rings is 1. The lowest BCUT2D eigenvalue weighted by molar-refractivity contribution is -0.129. The van der Waals surface area contributed by atoms with Crippen LogP contribution in [-0.2, 0) is 4.79 Å². The highest BCUT2D eigenvalue weighted by Gasteiger charge is 2.27. The Morgan fingerprint density at radius 1 is 1.10 bits per heavy atom. The van der Waals surface area contributed by atoms with Gasteiger partial charge in [-0.15, -0.1) is 0 Å². The summed E-state index contributed by atoms with van der Waals surface area (Å²) in [7, 11) is 0. The normalized spacial score (nSPS) is 14.2. The average molecular weight is 426 g/mol. The smallest absolute Gasteiger partial charge is 0.292 e. The molecule has 0 bridgehead atoms. The first kappa shape index (κ1) is 20.2. The van der Waals surface area contributed by atoms with Crippen LogP contribution >= 0.6 is 11.8 Å². The predicted octanol–water partition coefficient (Wildman–Crippen LogP) is 2.55. The van der Waals surface area contributed by atoms with Crippen LogP contribution in [0.15, 0.2) is 52.4 Å². The number of amides is 2. The van der Waals surface area contributed by atoms with E-state index >= 15 is 0 Å². The van der Waals surface area contributed by atoms with Crippen molar-refractivity contribution < 1.29 is 14.1 Å². The number of hydrogen-bond donors (Lipinski definition) is 0. The van der Waals surface area contributed by atoms with E-state index in [1.54, 1.807) is 29.0 Å². The molecule has 9 heteroatoms. The standard InChI is InChI=1S/C21H23N5O3S/c1-15-5-3-4-6-17(15)26-8-7-22-21(26)30-14-19(27)24-9-11-25(12-10-24)20(28)18-13-16(2)23-29-18/h3-8,13H,9-12,14H2,1-2H3. The Kier molecular flexibility index (Phi) is 5.89. The molecule has 1 aliphatic heterocycles. The van der Waals surface area contributed by atoms with Gasteiger partial charge in [0.1, 0.15) is 0 Å². The SMILES string of the molecule is Cc1cc(C(=O)N2CCN(C(=O)CSc3nccn3-c3ccccc3C)CC2)on1. The van der Waals surface area contributed by atoms with Gasteiger partial charge in [0, 0.05) is 44.6 Å². The Balaban J connectivity index is 1.32. The topological polar surface area (TPSA) is 84.5 Å². The van der Waals surface area contributed by atoms with Gasteiger partial charge in [-0.3, -0.25) is 14.2 Å². The molecule has 3 heterocycles. The molecule has 2 amide bonds. The van der Waals surface area contributed by atoms with Gasteiger partial charge < -0.3 is 14.3 Å². The summed E-state index contributed by atoms with van der Waals surface area (Å²) in [5, 5.41) is 4.55. The van der Waals surface area contributed by atoms with Gasteiger partial charge in [-0.1, -0.05) is 35.1 Å². The summed E-state index contributed by atoms with van der Waals surface area (Å²) < 4.78 is 7.06. The highest BCUT2D eigenvalue weighted by molar-refractivity contribution is 7.99. The van der Waals surface area contributed by atoms with Gasteiger partial charge in [-0.25, -0.2) is 4.98 Å². The Labute approximate surface area is 178 Å². The zero-order chi connectivity index (χ0) is 21.1. The molecule has 30 heavy (non-hydrogen) atoms. The van der Waals surface area contributed by atoms with Crippen LogP contribution in [0.25, 0.3) is 5.69 Å². The van der Waals surface area contributed by atoms with Crippen LogP contribution in [-0.4, -0.2) is 68.3 Å².